The third-order valence-electron chi connectivity index (χ3n) is 1.31. The maximum atomic E-state index is 9.84. The van der Waals surface area contributed by atoms with Crippen molar-refractivity contribution in [3.63, 3.8) is 0 Å². The summed E-state index contributed by atoms with van der Waals surface area (Å²) in [5.41, 5.74) is 0. The zero-order chi connectivity index (χ0) is 12.9. The van der Waals surface area contributed by atoms with Crippen molar-refractivity contribution in [2.75, 3.05) is 32.9 Å². The molecule has 0 spiro atoms. The Labute approximate surface area is 96.4 Å². The molecule has 0 aliphatic rings. The van der Waals surface area contributed by atoms with Crippen LogP contribution in [0.3, 0.4) is 0 Å². The summed E-state index contributed by atoms with van der Waals surface area (Å²) < 4.78 is 31.7. The van der Waals surface area contributed by atoms with E-state index in [0.717, 1.165) is 6.42 Å². The van der Waals surface area contributed by atoms with Crippen LogP contribution in [0.15, 0.2) is 0 Å². The Morgan fingerprint density at radius 2 is 1.69 bits per heavy atom. The van der Waals surface area contributed by atoms with E-state index in [0.29, 0.717) is 19.5 Å². The normalized spacial score (nSPS) is 10.8. The van der Waals surface area contributed by atoms with E-state index in [2.05, 4.69) is 9.50 Å². The number of aliphatic hydroxyl groups is 2. The third kappa shape index (κ3) is 23.5. The van der Waals surface area contributed by atoms with E-state index < -0.39 is 10.4 Å². The van der Waals surface area contributed by atoms with Crippen LogP contribution in [-0.4, -0.2) is 56.1 Å². The number of nitrogens with one attached hydrogen (secondary N) is 1. The summed E-state index contributed by atoms with van der Waals surface area (Å²) in [6.45, 7) is 3.38. The fourth-order valence-corrected chi connectivity index (χ4v) is 0.920. The second kappa shape index (κ2) is 12.8. The van der Waals surface area contributed by atoms with E-state index in [1.54, 1.807) is 0 Å². The Bertz CT molecular complexity index is 215. The van der Waals surface area contributed by atoms with Crippen molar-refractivity contribution in [1.29, 1.82) is 0 Å². The predicted octanol–water partition coefficient (Wildman–Crippen LogP) is -0.833. The second-order valence-electron chi connectivity index (χ2n) is 2.80. The van der Waals surface area contributed by atoms with Gasteiger partial charge in [0.1, 0.15) is 0 Å². The SMILES string of the molecule is CCCCOS(=O)(=O)O.OCCNCCO. The maximum Gasteiger partial charge on any atom is 0.397 e. The fourth-order valence-electron chi connectivity index (χ4n) is 0.592. The first kappa shape index (κ1) is 18.1. The molecule has 8 heteroatoms. The molecule has 0 bridgehead atoms. The lowest BCUT2D eigenvalue weighted by Crippen LogP contribution is -2.21. The standard InChI is InChI=1S/C4H11NO2.C4H10O4S/c6-3-1-5-2-4-7;1-2-3-4-8-9(5,6)7/h5-7H,1-4H2;2-4H2,1H3,(H,5,6,7). The average Bonchev–Trinajstić information content (AvgIpc) is 2.18. The summed E-state index contributed by atoms with van der Waals surface area (Å²) in [5.74, 6) is 0. The smallest absolute Gasteiger partial charge is 0.395 e. The molecule has 0 saturated carbocycles. The maximum absolute atomic E-state index is 9.84. The van der Waals surface area contributed by atoms with E-state index >= 15 is 0 Å². The van der Waals surface area contributed by atoms with Crippen molar-refractivity contribution in [1.82, 2.24) is 5.32 Å². The van der Waals surface area contributed by atoms with Gasteiger partial charge in [-0.25, -0.2) is 4.18 Å². The molecule has 0 saturated heterocycles. The molecule has 100 valence electrons. The first-order chi connectivity index (χ1) is 7.47. The monoisotopic (exact) mass is 259 g/mol. The quantitative estimate of drug-likeness (QED) is 0.332. The lowest BCUT2D eigenvalue weighted by Gasteiger charge is -1.95. The Balaban J connectivity index is 0. The summed E-state index contributed by atoms with van der Waals surface area (Å²) in [6.07, 6.45) is 1.48. The molecular weight excluding hydrogens is 238 g/mol. The number of hydrogen-bond donors (Lipinski definition) is 4. The molecule has 0 heterocycles. The van der Waals surface area contributed by atoms with Crippen LogP contribution < -0.4 is 5.32 Å². The predicted molar refractivity (Wildman–Crippen MR) is 59.4 cm³/mol. The van der Waals surface area contributed by atoms with E-state index in [1.165, 1.54) is 0 Å². The van der Waals surface area contributed by atoms with Crippen LogP contribution in [0.1, 0.15) is 19.8 Å². The van der Waals surface area contributed by atoms with Gasteiger partial charge in [-0.15, -0.1) is 0 Å². The highest BCUT2D eigenvalue weighted by Gasteiger charge is 2.00. The van der Waals surface area contributed by atoms with Gasteiger partial charge in [-0.1, -0.05) is 13.3 Å². The Morgan fingerprint density at radius 3 is 2.00 bits per heavy atom. The first-order valence-electron chi connectivity index (χ1n) is 5.02. The van der Waals surface area contributed by atoms with Gasteiger partial charge in [-0.2, -0.15) is 8.42 Å². The minimum Gasteiger partial charge on any atom is -0.395 e. The van der Waals surface area contributed by atoms with Crippen molar-refractivity contribution >= 4 is 10.4 Å². The molecule has 0 unspecified atom stereocenters. The van der Waals surface area contributed by atoms with Crippen molar-refractivity contribution in [2.45, 2.75) is 19.8 Å². The molecule has 4 N–H and O–H groups in total. The van der Waals surface area contributed by atoms with Gasteiger partial charge >= 0.3 is 10.4 Å². The molecule has 0 aromatic rings. The van der Waals surface area contributed by atoms with E-state index in [1.807, 2.05) is 6.92 Å². The molecule has 0 rings (SSSR count). The summed E-state index contributed by atoms with van der Waals surface area (Å²) in [4.78, 5) is 0. The van der Waals surface area contributed by atoms with Crippen LogP contribution in [0.4, 0.5) is 0 Å². The summed E-state index contributed by atoms with van der Waals surface area (Å²) >= 11 is 0. The van der Waals surface area contributed by atoms with Crippen molar-refractivity contribution in [2.24, 2.45) is 0 Å². The number of unbranched alkanes of at least 4 members (excludes halogenated alkanes) is 1. The van der Waals surface area contributed by atoms with Crippen LogP contribution in [0.25, 0.3) is 0 Å². The zero-order valence-corrected chi connectivity index (χ0v) is 10.2. The van der Waals surface area contributed by atoms with Gasteiger partial charge in [0.2, 0.25) is 0 Å². The second-order valence-corrected chi connectivity index (χ2v) is 3.89. The lowest BCUT2D eigenvalue weighted by atomic mass is 10.4. The average molecular weight is 259 g/mol. The van der Waals surface area contributed by atoms with Crippen molar-refractivity contribution in [3.8, 4) is 0 Å². The lowest BCUT2D eigenvalue weighted by molar-refractivity contribution is 0.264. The van der Waals surface area contributed by atoms with Gasteiger partial charge in [-0.05, 0) is 6.42 Å². The first-order valence-corrected chi connectivity index (χ1v) is 6.38. The minimum atomic E-state index is -4.20. The van der Waals surface area contributed by atoms with Crippen LogP contribution in [0, 0.1) is 0 Å². The third-order valence-corrected chi connectivity index (χ3v) is 1.77. The largest absolute Gasteiger partial charge is 0.397 e. The minimum absolute atomic E-state index is 0.0648. The van der Waals surface area contributed by atoms with Gasteiger partial charge in [0.15, 0.2) is 0 Å². The number of rotatable bonds is 8. The van der Waals surface area contributed by atoms with Gasteiger partial charge in [0, 0.05) is 13.1 Å². The zero-order valence-electron chi connectivity index (χ0n) is 9.42. The molecule has 0 amide bonds. The van der Waals surface area contributed by atoms with Gasteiger partial charge in [-0.3, -0.25) is 4.55 Å². The molecule has 0 radical (unpaired) electrons. The highest BCUT2D eigenvalue weighted by molar-refractivity contribution is 7.80. The number of hydrogen-bond acceptors (Lipinski definition) is 6. The Morgan fingerprint density at radius 1 is 1.19 bits per heavy atom. The topological polar surface area (TPSA) is 116 Å². The van der Waals surface area contributed by atoms with E-state index in [4.69, 9.17) is 14.8 Å². The van der Waals surface area contributed by atoms with E-state index in [-0.39, 0.29) is 19.8 Å². The molecule has 0 aliphatic carbocycles. The Hall–Kier alpha value is -0.250. The van der Waals surface area contributed by atoms with E-state index in [9.17, 15) is 8.42 Å². The molecule has 0 aliphatic heterocycles. The van der Waals surface area contributed by atoms with Gasteiger partial charge in [0.25, 0.3) is 0 Å². The van der Waals surface area contributed by atoms with Crippen molar-refractivity contribution in [3.05, 3.63) is 0 Å². The molecule has 16 heavy (non-hydrogen) atoms. The van der Waals surface area contributed by atoms with Gasteiger partial charge < -0.3 is 15.5 Å². The molecule has 0 aromatic heterocycles. The number of aliphatic hydroxyl groups excluding tert-OH is 2. The molecular formula is C8H21NO6S. The Kier molecular flexibility index (Phi) is 14.5. The van der Waals surface area contributed by atoms with Crippen LogP contribution in [0.2, 0.25) is 0 Å². The van der Waals surface area contributed by atoms with Crippen LogP contribution >= 0.6 is 0 Å². The summed E-state index contributed by atoms with van der Waals surface area (Å²) in [5, 5.41) is 19.1. The highest BCUT2D eigenvalue weighted by atomic mass is 32.3. The molecule has 0 fully saturated rings. The summed E-state index contributed by atoms with van der Waals surface area (Å²) in [6, 6.07) is 0. The summed E-state index contributed by atoms with van der Waals surface area (Å²) in [7, 11) is -4.20. The van der Waals surface area contributed by atoms with Crippen LogP contribution in [0.5, 0.6) is 0 Å². The van der Waals surface area contributed by atoms with Crippen LogP contribution in [-0.2, 0) is 14.6 Å². The highest BCUT2D eigenvalue weighted by Crippen LogP contribution is 1.91. The molecule has 0 atom stereocenters. The molecule has 0 aromatic carbocycles. The van der Waals surface area contributed by atoms with Crippen molar-refractivity contribution < 1.29 is 27.4 Å². The molecule has 7 nitrogen and oxygen atoms in total. The fraction of sp³-hybridized carbons (Fsp3) is 1.00. The van der Waals surface area contributed by atoms with Gasteiger partial charge in [0.05, 0.1) is 19.8 Å².